The molecule has 2 fully saturated rings. The molecule has 1 aromatic carbocycles. The van der Waals surface area contributed by atoms with Crippen molar-refractivity contribution in [3.63, 3.8) is 0 Å². The number of rotatable bonds is 7. The highest BCUT2D eigenvalue weighted by Crippen LogP contribution is 2.18. The van der Waals surface area contributed by atoms with Gasteiger partial charge in [-0.1, -0.05) is 12.1 Å². The topological polar surface area (TPSA) is 98.8 Å². The predicted octanol–water partition coefficient (Wildman–Crippen LogP) is -0.0847. The van der Waals surface area contributed by atoms with E-state index >= 15 is 0 Å². The van der Waals surface area contributed by atoms with Crippen LogP contribution < -0.4 is 10.0 Å². The number of nitrogens with one attached hydrogen (secondary N) is 2. The summed E-state index contributed by atoms with van der Waals surface area (Å²) >= 11 is 0. The molecule has 28 heavy (non-hydrogen) atoms. The first kappa shape index (κ1) is 20.7. The van der Waals surface area contributed by atoms with E-state index in [1.54, 1.807) is 4.90 Å². The lowest BCUT2D eigenvalue weighted by atomic mass is 10.2. The lowest BCUT2D eigenvalue weighted by Crippen LogP contribution is -2.55. The molecule has 1 saturated carbocycles. The smallest absolute Gasteiger partial charge is 0.244 e. The highest BCUT2D eigenvalue weighted by atomic mass is 32.2. The fraction of sp³-hybridized carbons (Fsp3) is 0.556. The predicted molar refractivity (Wildman–Crippen MR) is 100 cm³/mol. The third kappa shape index (κ3) is 5.27. The van der Waals surface area contributed by atoms with E-state index < -0.39 is 26.8 Å². The summed E-state index contributed by atoms with van der Waals surface area (Å²) in [5.41, 5.74) is 0. The zero-order chi connectivity index (χ0) is 20.3. The molecule has 0 unspecified atom stereocenters. The maximum absolute atomic E-state index is 13.8. The maximum atomic E-state index is 13.8. The van der Waals surface area contributed by atoms with E-state index in [0.29, 0.717) is 38.8 Å². The molecule has 1 saturated heterocycles. The van der Waals surface area contributed by atoms with Crippen molar-refractivity contribution >= 4 is 21.8 Å². The Morgan fingerprint density at radius 3 is 2.43 bits per heavy atom. The van der Waals surface area contributed by atoms with Crippen LogP contribution in [-0.4, -0.2) is 74.8 Å². The first-order valence-electron chi connectivity index (χ1n) is 9.33. The zero-order valence-electron chi connectivity index (χ0n) is 15.7. The van der Waals surface area contributed by atoms with Gasteiger partial charge in [-0.3, -0.25) is 14.5 Å². The minimum Gasteiger partial charge on any atom is -0.352 e. The van der Waals surface area contributed by atoms with Crippen molar-refractivity contribution in [3.05, 3.63) is 30.1 Å². The van der Waals surface area contributed by atoms with Gasteiger partial charge in [-0.25, -0.2) is 12.8 Å². The van der Waals surface area contributed by atoms with Crippen LogP contribution in [0.5, 0.6) is 0 Å². The summed E-state index contributed by atoms with van der Waals surface area (Å²) in [5, 5.41) is 2.93. The lowest BCUT2D eigenvalue weighted by molar-refractivity contribution is -0.134. The molecule has 2 aliphatic rings. The van der Waals surface area contributed by atoms with Crippen molar-refractivity contribution < 1.29 is 22.4 Å². The molecule has 2 amide bonds. The van der Waals surface area contributed by atoms with Crippen LogP contribution in [-0.2, 0) is 19.6 Å². The fourth-order valence-electron chi connectivity index (χ4n) is 3.11. The standard InChI is InChI=1S/C18H25FN4O4S/c1-13(21-28(26,27)16-5-3-2-4-15(16)19)18(25)23-10-8-22(9-11-23)12-17(24)20-14-6-7-14/h2-5,13-14,21H,6-12H2,1H3,(H,20,24)/t13-/m0/s1. The third-order valence-corrected chi connectivity index (χ3v) is 6.40. The minimum atomic E-state index is -4.14. The Morgan fingerprint density at radius 1 is 1.18 bits per heavy atom. The van der Waals surface area contributed by atoms with Gasteiger partial charge in [0, 0.05) is 32.2 Å². The van der Waals surface area contributed by atoms with E-state index in [0.717, 1.165) is 25.0 Å². The summed E-state index contributed by atoms with van der Waals surface area (Å²) < 4.78 is 40.7. The van der Waals surface area contributed by atoms with Gasteiger partial charge in [0.1, 0.15) is 10.7 Å². The lowest BCUT2D eigenvalue weighted by Gasteiger charge is -2.35. The number of nitrogens with zero attached hydrogens (tertiary/aromatic N) is 2. The molecule has 154 valence electrons. The van der Waals surface area contributed by atoms with Crippen molar-refractivity contribution in [2.75, 3.05) is 32.7 Å². The second-order valence-electron chi connectivity index (χ2n) is 7.22. The van der Waals surface area contributed by atoms with Gasteiger partial charge in [-0.05, 0) is 31.9 Å². The molecule has 8 nitrogen and oxygen atoms in total. The van der Waals surface area contributed by atoms with Crippen LogP contribution in [0.15, 0.2) is 29.2 Å². The fourth-order valence-corrected chi connectivity index (χ4v) is 4.39. The first-order valence-corrected chi connectivity index (χ1v) is 10.8. The number of hydrogen-bond acceptors (Lipinski definition) is 5. The third-order valence-electron chi connectivity index (χ3n) is 4.82. The molecule has 3 rings (SSSR count). The average Bonchev–Trinajstić information content (AvgIpc) is 3.45. The number of hydrogen-bond donors (Lipinski definition) is 2. The van der Waals surface area contributed by atoms with Crippen molar-refractivity contribution in [3.8, 4) is 0 Å². The van der Waals surface area contributed by atoms with E-state index in [2.05, 4.69) is 10.0 Å². The number of amides is 2. The number of benzene rings is 1. The Morgan fingerprint density at radius 2 is 1.82 bits per heavy atom. The van der Waals surface area contributed by atoms with Gasteiger partial charge < -0.3 is 10.2 Å². The number of carbonyl (C=O) groups excluding carboxylic acids is 2. The van der Waals surface area contributed by atoms with Crippen LogP contribution in [0.4, 0.5) is 4.39 Å². The molecule has 0 aromatic heterocycles. The summed E-state index contributed by atoms with van der Waals surface area (Å²) in [5.74, 6) is -1.25. The Hall–Kier alpha value is -2.04. The van der Waals surface area contributed by atoms with Gasteiger partial charge >= 0.3 is 0 Å². The van der Waals surface area contributed by atoms with Gasteiger partial charge in [-0.2, -0.15) is 4.72 Å². The van der Waals surface area contributed by atoms with E-state index in [9.17, 15) is 22.4 Å². The van der Waals surface area contributed by atoms with Crippen molar-refractivity contribution in [1.82, 2.24) is 19.8 Å². The van der Waals surface area contributed by atoms with Gasteiger partial charge in [0.15, 0.2) is 0 Å². The summed E-state index contributed by atoms with van der Waals surface area (Å²) in [6.07, 6.45) is 2.07. The van der Waals surface area contributed by atoms with Crippen LogP contribution in [0.3, 0.4) is 0 Å². The highest BCUT2D eigenvalue weighted by molar-refractivity contribution is 7.89. The van der Waals surface area contributed by atoms with Crippen molar-refractivity contribution in [2.24, 2.45) is 0 Å². The van der Waals surface area contributed by atoms with Crippen LogP contribution >= 0.6 is 0 Å². The van der Waals surface area contributed by atoms with E-state index in [-0.39, 0.29) is 11.8 Å². The van der Waals surface area contributed by atoms with Crippen molar-refractivity contribution in [2.45, 2.75) is 36.7 Å². The molecule has 2 N–H and O–H groups in total. The quantitative estimate of drug-likeness (QED) is 0.653. The molecule has 1 aliphatic heterocycles. The average molecular weight is 412 g/mol. The maximum Gasteiger partial charge on any atom is 0.244 e. The Labute approximate surface area is 164 Å². The van der Waals surface area contributed by atoms with E-state index in [1.165, 1.54) is 19.1 Å². The molecule has 0 radical (unpaired) electrons. The van der Waals surface area contributed by atoms with Gasteiger partial charge in [0.25, 0.3) is 0 Å². The second-order valence-corrected chi connectivity index (χ2v) is 8.90. The van der Waals surface area contributed by atoms with Crippen LogP contribution in [0, 0.1) is 5.82 Å². The largest absolute Gasteiger partial charge is 0.352 e. The molecule has 0 bridgehead atoms. The summed E-state index contributed by atoms with van der Waals surface area (Å²) in [6, 6.07) is 4.32. The van der Waals surface area contributed by atoms with Gasteiger partial charge in [0.05, 0.1) is 12.6 Å². The molecular weight excluding hydrogens is 387 g/mol. The monoisotopic (exact) mass is 412 g/mol. The molecule has 1 aliphatic carbocycles. The molecule has 1 aromatic rings. The molecule has 10 heteroatoms. The first-order chi connectivity index (χ1) is 13.3. The Balaban J connectivity index is 1.50. The number of carbonyl (C=O) groups is 2. The Bertz CT molecular complexity index is 836. The molecule has 1 heterocycles. The molecular formula is C18H25FN4O4S. The van der Waals surface area contributed by atoms with Crippen LogP contribution in [0.1, 0.15) is 19.8 Å². The summed E-state index contributed by atoms with van der Waals surface area (Å²) in [6.45, 7) is 3.63. The number of sulfonamides is 1. The van der Waals surface area contributed by atoms with Gasteiger partial charge in [-0.15, -0.1) is 0 Å². The van der Waals surface area contributed by atoms with E-state index in [4.69, 9.17) is 0 Å². The normalized spacial score (nSPS) is 19.3. The zero-order valence-corrected chi connectivity index (χ0v) is 16.5. The highest BCUT2D eigenvalue weighted by Gasteiger charge is 2.30. The summed E-state index contributed by atoms with van der Waals surface area (Å²) in [7, 11) is -4.14. The molecule has 1 atom stereocenters. The number of piperazine rings is 1. The SMILES string of the molecule is C[C@H](NS(=O)(=O)c1ccccc1F)C(=O)N1CCN(CC(=O)NC2CC2)CC1. The van der Waals surface area contributed by atoms with Crippen molar-refractivity contribution in [1.29, 1.82) is 0 Å². The van der Waals surface area contributed by atoms with Crippen LogP contribution in [0.25, 0.3) is 0 Å². The van der Waals surface area contributed by atoms with Gasteiger partial charge in [0.2, 0.25) is 21.8 Å². The van der Waals surface area contributed by atoms with E-state index in [1.807, 2.05) is 4.90 Å². The second kappa shape index (κ2) is 8.54. The Kier molecular flexibility index (Phi) is 6.31. The number of halogens is 1. The van der Waals surface area contributed by atoms with Crippen LogP contribution in [0.2, 0.25) is 0 Å². The summed E-state index contributed by atoms with van der Waals surface area (Å²) in [4.78, 5) is 27.5. The minimum absolute atomic E-state index is 0.00621. The molecule has 0 spiro atoms.